The standard InChI is InChI=1S/C13H16N4O2/c1-13(2,3)11-10(12(14)16-15-11)8-4-6-9(7-5-8)17(18)19/h4-7H,1-3H3,(H3,14,15,16). The summed E-state index contributed by atoms with van der Waals surface area (Å²) in [7, 11) is 0. The maximum atomic E-state index is 10.7. The normalized spacial score (nSPS) is 11.5. The van der Waals surface area contributed by atoms with E-state index in [9.17, 15) is 10.1 Å². The van der Waals surface area contributed by atoms with E-state index in [1.54, 1.807) is 12.1 Å². The fourth-order valence-corrected chi connectivity index (χ4v) is 1.94. The SMILES string of the molecule is CC(C)(C)c1[nH]nc(N)c1-c1ccc([N+](=O)[O-])cc1. The van der Waals surface area contributed by atoms with E-state index >= 15 is 0 Å². The zero-order valence-corrected chi connectivity index (χ0v) is 11.1. The van der Waals surface area contributed by atoms with Crippen LogP contribution in [0.2, 0.25) is 0 Å². The van der Waals surface area contributed by atoms with Crippen molar-refractivity contribution < 1.29 is 4.92 Å². The van der Waals surface area contributed by atoms with Gasteiger partial charge in [-0.25, -0.2) is 0 Å². The van der Waals surface area contributed by atoms with Crippen LogP contribution in [0.15, 0.2) is 24.3 Å². The van der Waals surface area contributed by atoms with Crippen LogP contribution in [0, 0.1) is 10.1 Å². The molecule has 1 aromatic heterocycles. The van der Waals surface area contributed by atoms with Gasteiger partial charge in [-0.05, 0) is 17.7 Å². The van der Waals surface area contributed by atoms with Crippen molar-refractivity contribution in [3.8, 4) is 11.1 Å². The number of rotatable bonds is 2. The van der Waals surface area contributed by atoms with Gasteiger partial charge in [0.25, 0.3) is 5.69 Å². The number of non-ortho nitro benzene ring substituents is 1. The molecule has 2 rings (SSSR count). The van der Waals surface area contributed by atoms with Gasteiger partial charge in [-0.3, -0.25) is 15.2 Å². The first-order valence-electron chi connectivity index (χ1n) is 5.90. The number of anilines is 1. The lowest BCUT2D eigenvalue weighted by Crippen LogP contribution is -2.13. The number of aromatic nitrogens is 2. The second-order valence-corrected chi connectivity index (χ2v) is 5.41. The number of H-pyrrole nitrogens is 1. The smallest absolute Gasteiger partial charge is 0.269 e. The molecule has 6 nitrogen and oxygen atoms in total. The summed E-state index contributed by atoms with van der Waals surface area (Å²) >= 11 is 0. The van der Waals surface area contributed by atoms with Crippen LogP contribution in [0.25, 0.3) is 11.1 Å². The number of nitro groups is 1. The highest BCUT2D eigenvalue weighted by Gasteiger charge is 2.24. The molecule has 0 atom stereocenters. The van der Waals surface area contributed by atoms with Crippen LogP contribution >= 0.6 is 0 Å². The number of aromatic amines is 1. The summed E-state index contributed by atoms with van der Waals surface area (Å²) in [5.74, 6) is 0.402. The number of nitrogens with zero attached hydrogens (tertiary/aromatic N) is 2. The average Bonchev–Trinajstić information content (AvgIpc) is 2.71. The van der Waals surface area contributed by atoms with Gasteiger partial charge in [0.05, 0.1) is 10.6 Å². The molecule has 100 valence electrons. The molecular formula is C13H16N4O2. The molecule has 0 aliphatic rings. The van der Waals surface area contributed by atoms with Gasteiger partial charge in [-0.2, -0.15) is 5.10 Å². The van der Waals surface area contributed by atoms with E-state index in [4.69, 9.17) is 5.73 Å². The Balaban J connectivity index is 2.53. The summed E-state index contributed by atoms with van der Waals surface area (Å²) in [4.78, 5) is 10.2. The van der Waals surface area contributed by atoms with Gasteiger partial charge in [0.1, 0.15) is 0 Å². The lowest BCUT2D eigenvalue weighted by Gasteiger charge is -2.18. The average molecular weight is 260 g/mol. The topological polar surface area (TPSA) is 97.8 Å². The number of hydrogen-bond acceptors (Lipinski definition) is 4. The van der Waals surface area contributed by atoms with Crippen molar-refractivity contribution >= 4 is 11.5 Å². The molecule has 2 aromatic rings. The summed E-state index contributed by atoms with van der Waals surface area (Å²) in [5, 5.41) is 17.6. The van der Waals surface area contributed by atoms with Crippen molar-refractivity contribution in [1.29, 1.82) is 0 Å². The lowest BCUT2D eigenvalue weighted by molar-refractivity contribution is -0.384. The van der Waals surface area contributed by atoms with Gasteiger partial charge >= 0.3 is 0 Å². The minimum atomic E-state index is -0.423. The first-order valence-corrected chi connectivity index (χ1v) is 5.90. The highest BCUT2D eigenvalue weighted by molar-refractivity contribution is 5.77. The first kappa shape index (κ1) is 13.1. The van der Waals surface area contributed by atoms with Gasteiger partial charge in [-0.1, -0.05) is 20.8 Å². The summed E-state index contributed by atoms with van der Waals surface area (Å²) < 4.78 is 0. The van der Waals surface area contributed by atoms with Crippen molar-refractivity contribution in [2.45, 2.75) is 26.2 Å². The number of hydrogen-bond donors (Lipinski definition) is 2. The summed E-state index contributed by atoms with van der Waals surface area (Å²) in [6.07, 6.45) is 0. The number of nitrogens with two attached hydrogens (primary N) is 1. The fourth-order valence-electron chi connectivity index (χ4n) is 1.94. The van der Waals surface area contributed by atoms with E-state index in [0.29, 0.717) is 5.82 Å². The maximum Gasteiger partial charge on any atom is 0.269 e. The minimum absolute atomic E-state index is 0.0584. The third kappa shape index (κ3) is 2.42. The second-order valence-electron chi connectivity index (χ2n) is 5.41. The number of nitro benzene ring substituents is 1. The maximum absolute atomic E-state index is 10.7. The van der Waals surface area contributed by atoms with Crippen LogP contribution in [0.5, 0.6) is 0 Å². The van der Waals surface area contributed by atoms with Gasteiger partial charge in [0, 0.05) is 23.1 Å². The molecular weight excluding hydrogens is 244 g/mol. The molecule has 19 heavy (non-hydrogen) atoms. The Bertz CT molecular complexity index is 609. The van der Waals surface area contributed by atoms with Crippen molar-refractivity contribution in [3.05, 3.63) is 40.1 Å². The van der Waals surface area contributed by atoms with Crippen LogP contribution in [0.3, 0.4) is 0 Å². The number of benzene rings is 1. The Labute approximate surface area is 110 Å². The zero-order valence-electron chi connectivity index (χ0n) is 11.1. The molecule has 0 saturated carbocycles. The molecule has 0 unspecified atom stereocenters. The highest BCUT2D eigenvalue weighted by Crippen LogP contribution is 2.35. The third-order valence-electron chi connectivity index (χ3n) is 2.91. The molecule has 0 fully saturated rings. The molecule has 3 N–H and O–H groups in total. The molecule has 0 spiro atoms. The van der Waals surface area contributed by atoms with Gasteiger partial charge in [0.2, 0.25) is 0 Å². The van der Waals surface area contributed by atoms with E-state index in [2.05, 4.69) is 31.0 Å². The quantitative estimate of drug-likeness (QED) is 0.640. The van der Waals surface area contributed by atoms with Gasteiger partial charge in [-0.15, -0.1) is 0 Å². The van der Waals surface area contributed by atoms with Crippen molar-refractivity contribution in [2.24, 2.45) is 0 Å². The van der Waals surface area contributed by atoms with E-state index in [0.717, 1.165) is 16.8 Å². The molecule has 1 heterocycles. The zero-order chi connectivity index (χ0) is 14.2. The minimum Gasteiger partial charge on any atom is -0.382 e. The monoisotopic (exact) mass is 260 g/mol. The molecule has 0 amide bonds. The van der Waals surface area contributed by atoms with Crippen LogP contribution in [-0.2, 0) is 5.41 Å². The fraction of sp³-hybridized carbons (Fsp3) is 0.308. The summed E-state index contributed by atoms with van der Waals surface area (Å²) in [6, 6.07) is 6.31. The Kier molecular flexibility index (Phi) is 3.01. The molecule has 0 radical (unpaired) electrons. The Morgan fingerprint density at radius 3 is 2.32 bits per heavy atom. The predicted molar refractivity (Wildman–Crippen MR) is 73.8 cm³/mol. The highest BCUT2D eigenvalue weighted by atomic mass is 16.6. The number of nitrogens with one attached hydrogen (secondary N) is 1. The van der Waals surface area contributed by atoms with E-state index in [-0.39, 0.29) is 11.1 Å². The molecule has 0 aliphatic carbocycles. The van der Waals surface area contributed by atoms with Crippen LogP contribution in [-0.4, -0.2) is 15.1 Å². The summed E-state index contributed by atoms with van der Waals surface area (Å²) in [5.41, 5.74) is 8.36. The predicted octanol–water partition coefficient (Wildman–Crippen LogP) is 2.86. The Hall–Kier alpha value is -2.37. The van der Waals surface area contributed by atoms with Crippen molar-refractivity contribution in [1.82, 2.24) is 10.2 Å². The first-order chi connectivity index (χ1) is 8.80. The second kappa shape index (κ2) is 4.38. The van der Waals surface area contributed by atoms with E-state index in [1.807, 2.05) is 0 Å². The largest absolute Gasteiger partial charge is 0.382 e. The molecule has 6 heteroatoms. The van der Waals surface area contributed by atoms with Crippen molar-refractivity contribution in [3.63, 3.8) is 0 Å². The van der Waals surface area contributed by atoms with Gasteiger partial charge in [0.15, 0.2) is 5.82 Å². The van der Waals surface area contributed by atoms with Crippen LogP contribution in [0.1, 0.15) is 26.5 Å². The molecule has 1 aromatic carbocycles. The Morgan fingerprint density at radius 2 is 1.84 bits per heavy atom. The molecule has 0 aliphatic heterocycles. The van der Waals surface area contributed by atoms with Crippen LogP contribution < -0.4 is 5.73 Å². The number of nitrogen functional groups attached to an aromatic ring is 1. The van der Waals surface area contributed by atoms with E-state index in [1.165, 1.54) is 12.1 Å². The molecule has 0 bridgehead atoms. The Morgan fingerprint density at radius 1 is 1.26 bits per heavy atom. The van der Waals surface area contributed by atoms with E-state index < -0.39 is 4.92 Å². The summed E-state index contributed by atoms with van der Waals surface area (Å²) in [6.45, 7) is 6.15. The van der Waals surface area contributed by atoms with Gasteiger partial charge < -0.3 is 5.73 Å². The molecule has 0 saturated heterocycles. The van der Waals surface area contributed by atoms with Crippen LogP contribution in [0.4, 0.5) is 11.5 Å². The lowest BCUT2D eigenvalue weighted by atomic mass is 9.87. The van der Waals surface area contributed by atoms with Crippen molar-refractivity contribution in [2.75, 3.05) is 5.73 Å². The third-order valence-corrected chi connectivity index (χ3v) is 2.91.